The summed E-state index contributed by atoms with van der Waals surface area (Å²) >= 11 is 0. The summed E-state index contributed by atoms with van der Waals surface area (Å²) in [6, 6.07) is 0. The second-order valence-corrected chi connectivity index (χ2v) is 2.22. The van der Waals surface area contributed by atoms with Crippen LogP contribution in [0.3, 0.4) is 0 Å². The van der Waals surface area contributed by atoms with Crippen LogP contribution in [-0.2, 0) is 4.74 Å². The molecule has 0 unspecified atom stereocenters. The Bertz CT molecular complexity index is 55.5. The maximum atomic E-state index is 8.96. The number of hydrogen-bond acceptors (Lipinski definition) is 2. The second-order valence-electron chi connectivity index (χ2n) is 2.22. The van der Waals surface area contributed by atoms with E-state index >= 15 is 0 Å². The smallest absolute Gasteiger partial charge is 0.0773 e. The molecule has 0 aromatic rings. The third-order valence-electron chi connectivity index (χ3n) is 1.39. The molecule has 2 heteroatoms. The van der Waals surface area contributed by atoms with Crippen LogP contribution < -0.4 is 0 Å². The Kier molecular flexibility index (Phi) is 2.30. The molecular formula is C6H12O2. The van der Waals surface area contributed by atoms with E-state index in [0.29, 0.717) is 6.61 Å². The largest absolute Gasteiger partial charge is 0.391 e. The molecule has 8 heavy (non-hydrogen) atoms. The highest BCUT2D eigenvalue weighted by Crippen LogP contribution is 2.06. The number of aliphatic hydroxyl groups excluding tert-OH is 1. The first-order valence-electron chi connectivity index (χ1n) is 3.15. The molecule has 0 spiro atoms. The zero-order valence-electron chi connectivity index (χ0n) is 4.97. The van der Waals surface area contributed by atoms with Gasteiger partial charge in [0.05, 0.1) is 12.7 Å². The zero-order valence-corrected chi connectivity index (χ0v) is 4.97. The van der Waals surface area contributed by atoms with E-state index in [1.807, 2.05) is 0 Å². The molecule has 1 heterocycles. The van der Waals surface area contributed by atoms with Crippen molar-refractivity contribution in [3.63, 3.8) is 0 Å². The van der Waals surface area contributed by atoms with Gasteiger partial charge in [-0.1, -0.05) is 0 Å². The van der Waals surface area contributed by atoms with Crippen LogP contribution in [0, 0.1) is 0 Å². The molecule has 1 atom stereocenters. The summed E-state index contributed by atoms with van der Waals surface area (Å²) < 4.78 is 5.06. The van der Waals surface area contributed by atoms with Gasteiger partial charge in [-0.15, -0.1) is 0 Å². The van der Waals surface area contributed by atoms with Crippen molar-refractivity contribution in [1.29, 1.82) is 0 Å². The van der Waals surface area contributed by atoms with Crippen LogP contribution in [0.5, 0.6) is 0 Å². The van der Waals surface area contributed by atoms with Gasteiger partial charge in [0, 0.05) is 6.61 Å². The predicted molar refractivity (Wildman–Crippen MR) is 30.7 cm³/mol. The molecule has 0 aromatic carbocycles. The van der Waals surface area contributed by atoms with Crippen molar-refractivity contribution in [3.8, 4) is 0 Å². The monoisotopic (exact) mass is 116 g/mol. The zero-order chi connectivity index (χ0) is 5.82. The van der Waals surface area contributed by atoms with Crippen molar-refractivity contribution in [2.45, 2.75) is 25.4 Å². The first-order chi connectivity index (χ1) is 3.89. The summed E-state index contributed by atoms with van der Waals surface area (Å²) in [5.74, 6) is 0. The van der Waals surface area contributed by atoms with E-state index in [4.69, 9.17) is 9.84 Å². The Morgan fingerprint density at radius 3 is 3.12 bits per heavy atom. The molecule has 0 aromatic heterocycles. The number of rotatable bonds is 0. The average molecular weight is 116 g/mol. The molecule has 2 nitrogen and oxygen atoms in total. The van der Waals surface area contributed by atoms with E-state index < -0.39 is 0 Å². The van der Waals surface area contributed by atoms with Crippen molar-refractivity contribution < 1.29 is 9.84 Å². The standard InChI is InChI=1S/C6H12O2/c7-6-3-1-2-4-8-5-6/h6-7H,1-5H2/t6-/m1/s1. The molecule has 1 rings (SSSR count). The lowest BCUT2D eigenvalue weighted by molar-refractivity contribution is 0.0512. The molecule has 1 aliphatic rings. The normalized spacial score (nSPS) is 31.9. The van der Waals surface area contributed by atoms with E-state index in [1.54, 1.807) is 0 Å². The molecular weight excluding hydrogens is 104 g/mol. The van der Waals surface area contributed by atoms with Crippen LogP contribution >= 0.6 is 0 Å². The minimum absolute atomic E-state index is 0.197. The third-order valence-corrected chi connectivity index (χ3v) is 1.39. The molecule has 0 saturated carbocycles. The maximum absolute atomic E-state index is 8.96. The lowest BCUT2D eigenvalue weighted by atomic mass is 10.2. The van der Waals surface area contributed by atoms with E-state index in [-0.39, 0.29) is 6.10 Å². The average Bonchev–Trinajstić information content (AvgIpc) is 1.94. The van der Waals surface area contributed by atoms with E-state index in [1.165, 1.54) is 0 Å². The lowest BCUT2D eigenvalue weighted by Gasteiger charge is -2.02. The van der Waals surface area contributed by atoms with E-state index in [2.05, 4.69) is 0 Å². The van der Waals surface area contributed by atoms with Gasteiger partial charge in [-0.25, -0.2) is 0 Å². The third kappa shape index (κ3) is 1.80. The number of hydrogen-bond donors (Lipinski definition) is 1. The molecule has 0 aliphatic carbocycles. The fourth-order valence-electron chi connectivity index (χ4n) is 0.887. The number of aliphatic hydroxyl groups is 1. The van der Waals surface area contributed by atoms with Crippen LogP contribution in [0.25, 0.3) is 0 Å². The number of ether oxygens (including phenoxy) is 1. The highest BCUT2D eigenvalue weighted by atomic mass is 16.5. The van der Waals surface area contributed by atoms with E-state index in [0.717, 1.165) is 25.9 Å². The molecule has 0 radical (unpaired) electrons. The summed E-state index contributed by atoms with van der Waals surface area (Å²) in [4.78, 5) is 0. The van der Waals surface area contributed by atoms with Gasteiger partial charge in [-0.2, -0.15) is 0 Å². The lowest BCUT2D eigenvalue weighted by Crippen LogP contribution is -2.11. The molecule has 1 fully saturated rings. The Morgan fingerprint density at radius 1 is 1.38 bits per heavy atom. The molecule has 0 amide bonds. The Balaban J connectivity index is 2.17. The molecule has 1 saturated heterocycles. The van der Waals surface area contributed by atoms with Gasteiger partial charge in [0.2, 0.25) is 0 Å². The summed E-state index contributed by atoms with van der Waals surface area (Å²) in [6.45, 7) is 1.37. The highest BCUT2D eigenvalue weighted by molar-refractivity contribution is 4.57. The minimum Gasteiger partial charge on any atom is -0.391 e. The van der Waals surface area contributed by atoms with Crippen molar-refractivity contribution in [1.82, 2.24) is 0 Å². The summed E-state index contributed by atoms with van der Waals surface area (Å²) in [6.07, 6.45) is 2.94. The van der Waals surface area contributed by atoms with Gasteiger partial charge < -0.3 is 9.84 Å². The topological polar surface area (TPSA) is 29.5 Å². The van der Waals surface area contributed by atoms with Crippen LogP contribution in [0.4, 0.5) is 0 Å². The molecule has 1 N–H and O–H groups in total. The first-order valence-corrected chi connectivity index (χ1v) is 3.15. The van der Waals surface area contributed by atoms with Crippen molar-refractivity contribution in [2.75, 3.05) is 13.2 Å². The Morgan fingerprint density at radius 2 is 2.25 bits per heavy atom. The molecule has 1 aliphatic heterocycles. The van der Waals surface area contributed by atoms with Gasteiger partial charge in [0.25, 0.3) is 0 Å². The van der Waals surface area contributed by atoms with Crippen molar-refractivity contribution in [3.05, 3.63) is 0 Å². The van der Waals surface area contributed by atoms with Gasteiger partial charge in [-0.3, -0.25) is 0 Å². The summed E-state index contributed by atoms with van der Waals surface area (Å²) in [5.41, 5.74) is 0. The second kappa shape index (κ2) is 3.05. The maximum Gasteiger partial charge on any atom is 0.0773 e. The Hall–Kier alpha value is -0.0800. The van der Waals surface area contributed by atoms with Gasteiger partial charge in [-0.05, 0) is 19.3 Å². The van der Waals surface area contributed by atoms with Crippen molar-refractivity contribution >= 4 is 0 Å². The van der Waals surface area contributed by atoms with Crippen LogP contribution in [0.15, 0.2) is 0 Å². The quantitative estimate of drug-likeness (QED) is 0.500. The fraction of sp³-hybridized carbons (Fsp3) is 1.00. The predicted octanol–water partition coefficient (Wildman–Crippen LogP) is 0.548. The van der Waals surface area contributed by atoms with Crippen LogP contribution in [-0.4, -0.2) is 24.4 Å². The molecule has 0 bridgehead atoms. The molecule has 48 valence electrons. The fourth-order valence-corrected chi connectivity index (χ4v) is 0.887. The van der Waals surface area contributed by atoms with Gasteiger partial charge >= 0.3 is 0 Å². The SMILES string of the molecule is O[C@@H]1CCCCOC1. The summed E-state index contributed by atoms with van der Waals surface area (Å²) in [7, 11) is 0. The van der Waals surface area contributed by atoms with E-state index in [9.17, 15) is 0 Å². The van der Waals surface area contributed by atoms with Gasteiger partial charge in [0.15, 0.2) is 0 Å². The Labute approximate surface area is 49.5 Å². The summed E-state index contributed by atoms with van der Waals surface area (Å²) in [5, 5.41) is 8.96. The minimum atomic E-state index is -0.197. The van der Waals surface area contributed by atoms with Crippen LogP contribution in [0.2, 0.25) is 0 Å². The first kappa shape index (κ1) is 6.05. The van der Waals surface area contributed by atoms with Crippen LogP contribution in [0.1, 0.15) is 19.3 Å². The van der Waals surface area contributed by atoms with Crippen molar-refractivity contribution in [2.24, 2.45) is 0 Å². The highest BCUT2D eigenvalue weighted by Gasteiger charge is 2.06. The van der Waals surface area contributed by atoms with Gasteiger partial charge in [0.1, 0.15) is 0 Å².